The first kappa shape index (κ1) is 54.8. The molecule has 1 atom stereocenters. The molecule has 0 aromatic rings. The second kappa shape index (κ2) is 43.4. The molecule has 0 bridgehead atoms. The van der Waals surface area contributed by atoms with Gasteiger partial charge in [0.05, 0.1) is 6.61 Å². The van der Waals surface area contributed by atoms with E-state index in [1.807, 2.05) is 0 Å². The van der Waals surface area contributed by atoms with Crippen molar-refractivity contribution in [1.82, 2.24) is 0 Å². The van der Waals surface area contributed by atoms with E-state index in [0.717, 1.165) is 51.4 Å². The van der Waals surface area contributed by atoms with Crippen molar-refractivity contribution in [2.75, 3.05) is 13.2 Å². The first-order valence-corrected chi connectivity index (χ1v) is 25.5. The molecule has 0 aliphatic rings. The Kier molecular flexibility index (Phi) is 42.4. The van der Waals surface area contributed by atoms with Crippen LogP contribution in [0.1, 0.15) is 258 Å². The van der Waals surface area contributed by atoms with Gasteiger partial charge in [-0.2, -0.15) is 0 Å². The van der Waals surface area contributed by atoms with Crippen LogP contribution < -0.4 is 0 Å². The number of hydrogen-bond donors (Lipinski definition) is 2. The van der Waals surface area contributed by atoms with Crippen LogP contribution in [0.15, 0.2) is 12.2 Å². The molecule has 0 aliphatic carbocycles. The van der Waals surface area contributed by atoms with E-state index in [9.17, 15) is 14.2 Å². The Bertz CT molecular complexity index is 920. The predicted molar refractivity (Wildman–Crippen MR) is 235 cm³/mol. The number of allylic oxidation sites excluding steroid dienone is 2. The predicted octanol–water partition coefficient (Wildman–Crippen LogP) is 15.0. The summed E-state index contributed by atoms with van der Waals surface area (Å²) in [6, 6.07) is 0. The number of esters is 2. The molecule has 0 aromatic heterocycles. The number of phosphoric acid groups is 1. The molecule has 0 spiro atoms. The topological polar surface area (TPSA) is 119 Å². The lowest BCUT2D eigenvalue weighted by molar-refractivity contribution is -0.161. The SMILES string of the molecule is CCCCCCCCC/C=C\CCCCCCCC(=O)OC(COC(=O)CCCCCCCCCCCCCCCCCCCCCCCC)COP(=O)(O)O. The molecule has 1 unspecified atom stereocenters. The van der Waals surface area contributed by atoms with Crippen LogP contribution in [-0.2, 0) is 28.2 Å². The summed E-state index contributed by atoms with van der Waals surface area (Å²) in [6.45, 7) is 3.72. The lowest BCUT2D eigenvalue weighted by Gasteiger charge is -2.18. The minimum Gasteiger partial charge on any atom is -0.462 e. The molecular formula is C47H91O8P. The van der Waals surface area contributed by atoms with Crippen LogP contribution in [0, 0.1) is 0 Å². The average molecular weight is 815 g/mol. The molecule has 0 aromatic carbocycles. The molecule has 8 nitrogen and oxygen atoms in total. The van der Waals surface area contributed by atoms with E-state index in [2.05, 4.69) is 30.5 Å². The Hall–Kier alpha value is -1.21. The molecule has 0 amide bonds. The van der Waals surface area contributed by atoms with Gasteiger partial charge in [-0.1, -0.05) is 219 Å². The highest BCUT2D eigenvalue weighted by Gasteiger charge is 2.23. The van der Waals surface area contributed by atoms with E-state index in [-0.39, 0.29) is 19.4 Å². The molecule has 0 rings (SSSR count). The minimum atomic E-state index is -4.75. The molecule has 0 aliphatic heterocycles. The summed E-state index contributed by atoms with van der Waals surface area (Å²) < 4.78 is 26.5. The van der Waals surface area contributed by atoms with Crippen LogP contribution in [0.5, 0.6) is 0 Å². The third-order valence-electron chi connectivity index (χ3n) is 10.8. The Morgan fingerprint density at radius 3 is 1.09 bits per heavy atom. The van der Waals surface area contributed by atoms with Crippen molar-refractivity contribution in [2.45, 2.75) is 264 Å². The van der Waals surface area contributed by atoms with Gasteiger partial charge in [0.2, 0.25) is 0 Å². The lowest BCUT2D eigenvalue weighted by atomic mass is 10.0. The average Bonchev–Trinajstić information content (AvgIpc) is 3.17. The van der Waals surface area contributed by atoms with Crippen LogP contribution in [0.2, 0.25) is 0 Å². The van der Waals surface area contributed by atoms with Gasteiger partial charge in [0.1, 0.15) is 6.61 Å². The summed E-state index contributed by atoms with van der Waals surface area (Å²) in [5.41, 5.74) is 0. The molecule has 0 saturated heterocycles. The van der Waals surface area contributed by atoms with Crippen molar-refractivity contribution in [2.24, 2.45) is 0 Å². The van der Waals surface area contributed by atoms with Crippen LogP contribution in [0.4, 0.5) is 0 Å². The Morgan fingerprint density at radius 1 is 0.446 bits per heavy atom. The summed E-state index contributed by atoms with van der Waals surface area (Å²) in [7, 11) is -4.75. The highest BCUT2D eigenvalue weighted by atomic mass is 31.2. The van der Waals surface area contributed by atoms with E-state index >= 15 is 0 Å². The van der Waals surface area contributed by atoms with Crippen LogP contribution in [0.25, 0.3) is 0 Å². The van der Waals surface area contributed by atoms with E-state index in [0.29, 0.717) is 6.42 Å². The molecule has 332 valence electrons. The first-order chi connectivity index (χ1) is 27.3. The molecule has 56 heavy (non-hydrogen) atoms. The monoisotopic (exact) mass is 815 g/mol. The van der Waals surface area contributed by atoms with Crippen molar-refractivity contribution >= 4 is 19.8 Å². The number of ether oxygens (including phenoxy) is 2. The maximum atomic E-state index is 12.4. The zero-order valence-corrected chi connectivity index (χ0v) is 37.7. The first-order valence-electron chi connectivity index (χ1n) is 24.0. The molecule has 0 saturated carbocycles. The zero-order valence-electron chi connectivity index (χ0n) is 36.8. The van der Waals surface area contributed by atoms with E-state index < -0.39 is 32.5 Å². The van der Waals surface area contributed by atoms with Crippen molar-refractivity contribution in [1.29, 1.82) is 0 Å². The van der Waals surface area contributed by atoms with Gasteiger partial charge in [0.15, 0.2) is 6.10 Å². The number of phosphoric ester groups is 1. The van der Waals surface area contributed by atoms with Gasteiger partial charge >= 0.3 is 19.8 Å². The van der Waals surface area contributed by atoms with E-state index in [4.69, 9.17) is 19.3 Å². The highest BCUT2D eigenvalue weighted by Crippen LogP contribution is 2.36. The van der Waals surface area contributed by atoms with Crippen molar-refractivity contribution in [3.63, 3.8) is 0 Å². The van der Waals surface area contributed by atoms with Crippen molar-refractivity contribution < 1.29 is 37.9 Å². The van der Waals surface area contributed by atoms with Gasteiger partial charge < -0.3 is 19.3 Å². The summed E-state index contributed by atoms with van der Waals surface area (Å²) in [4.78, 5) is 43.0. The molecule has 0 heterocycles. The Morgan fingerprint density at radius 2 is 0.750 bits per heavy atom. The molecule has 2 N–H and O–H groups in total. The molecule has 9 heteroatoms. The maximum absolute atomic E-state index is 12.4. The largest absolute Gasteiger partial charge is 0.469 e. The van der Waals surface area contributed by atoms with Crippen LogP contribution in [-0.4, -0.2) is 41.0 Å². The Balaban J connectivity index is 3.79. The normalized spacial score (nSPS) is 12.4. The third-order valence-corrected chi connectivity index (χ3v) is 11.3. The Labute approximate surface area is 346 Å². The van der Waals surface area contributed by atoms with Crippen LogP contribution in [0.3, 0.4) is 0 Å². The number of hydrogen-bond acceptors (Lipinski definition) is 6. The van der Waals surface area contributed by atoms with Gasteiger partial charge in [-0.05, 0) is 38.5 Å². The fraction of sp³-hybridized carbons (Fsp3) is 0.915. The summed E-state index contributed by atoms with van der Waals surface area (Å²) in [5.74, 6) is -0.878. The molecule has 0 fully saturated rings. The minimum absolute atomic E-state index is 0.207. The molecular weight excluding hydrogens is 723 g/mol. The van der Waals surface area contributed by atoms with E-state index in [1.54, 1.807) is 0 Å². The highest BCUT2D eigenvalue weighted by molar-refractivity contribution is 7.46. The summed E-state index contributed by atoms with van der Waals surface area (Å²) >= 11 is 0. The summed E-state index contributed by atoms with van der Waals surface area (Å²) in [6.07, 6.45) is 49.4. The van der Waals surface area contributed by atoms with Crippen molar-refractivity contribution in [3.05, 3.63) is 12.2 Å². The number of unbranched alkanes of at least 4 members (excludes halogenated alkanes) is 33. The number of rotatable bonds is 45. The third kappa shape index (κ3) is 45.5. The smallest absolute Gasteiger partial charge is 0.462 e. The zero-order chi connectivity index (χ0) is 41.1. The number of carbonyl (C=O) groups is 2. The van der Waals surface area contributed by atoms with Gasteiger partial charge in [0.25, 0.3) is 0 Å². The number of carbonyl (C=O) groups excluding carboxylic acids is 2. The molecule has 0 radical (unpaired) electrons. The standard InChI is InChI=1S/C47H91O8P/c1-3-5-7-9-11-13-15-17-19-21-22-23-24-25-26-28-29-31-33-35-37-39-41-46(48)53-43-45(44-54-56(50,51)52)55-47(49)42-40-38-36-34-32-30-27-20-18-16-14-12-10-8-6-4-2/h20,27,45H,3-19,21-26,28-44H2,1-2H3,(H2,50,51,52)/b27-20-. The van der Waals surface area contributed by atoms with Gasteiger partial charge in [0, 0.05) is 12.8 Å². The van der Waals surface area contributed by atoms with Gasteiger partial charge in [-0.3, -0.25) is 14.1 Å². The van der Waals surface area contributed by atoms with Crippen LogP contribution >= 0.6 is 7.82 Å². The quantitative estimate of drug-likeness (QED) is 0.0270. The fourth-order valence-electron chi connectivity index (χ4n) is 7.19. The summed E-state index contributed by atoms with van der Waals surface area (Å²) in [5, 5.41) is 0. The van der Waals surface area contributed by atoms with Gasteiger partial charge in [-0.25, -0.2) is 4.57 Å². The van der Waals surface area contributed by atoms with Crippen molar-refractivity contribution in [3.8, 4) is 0 Å². The second-order valence-corrected chi connectivity index (χ2v) is 17.7. The fourth-order valence-corrected chi connectivity index (χ4v) is 7.55. The lowest BCUT2D eigenvalue weighted by Crippen LogP contribution is -2.29. The second-order valence-electron chi connectivity index (χ2n) is 16.4. The van der Waals surface area contributed by atoms with E-state index in [1.165, 1.54) is 173 Å². The van der Waals surface area contributed by atoms with Gasteiger partial charge in [-0.15, -0.1) is 0 Å². The maximum Gasteiger partial charge on any atom is 0.469 e.